The average Bonchev–Trinajstić information content (AvgIpc) is 2.76. The lowest BCUT2D eigenvalue weighted by atomic mass is 10.1. The zero-order valence-electron chi connectivity index (χ0n) is 16.9. The van der Waals surface area contributed by atoms with Crippen LogP contribution in [0.3, 0.4) is 0 Å². The number of carbonyl (C=O) groups is 2. The summed E-state index contributed by atoms with van der Waals surface area (Å²) >= 11 is 0. The average molecular weight is 393 g/mol. The summed E-state index contributed by atoms with van der Waals surface area (Å²) in [6, 6.07) is 14.7. The molecule has 0 unspecified atom stereocenters. The fourth-order valence-electron chi connectivity index (χ4n) is 2.90. The quantitative estimate of drug-likeness (QED) is 0.279. The van der Waals surface area contributed by atoms with Crippen molar-refractivity contribution in [1.82, 2.24) is 0 Å². The molecule has 0 spiro atoms. The minimum atomic E-state index is -0.641. The molecule has 0 atom stereocenters. The molecule has 0 bridgehead atoms. The Morgan fingerprint density at radius 1 is 0.828 bits per heavy atom. The van der Waals surface area contributed by atoms with E-state index in [1.165, 1.54) is 43.9 Å². The molecule has 5 nitrogen and oxygen atoms in total. The van der Waals surface area contributed by atoms with E-state index in [4.69, 9.17) is 14.7 Å². The van der Waals surface area contributed by atoms with E-state index in [0.29, 0.717) is 17.9 Å². The van der Waals surface area contributed by atoms with Crippen molar-refractivity contribution >= 4 is 11.9 Å². The Morgan fingerprint density at radius 3 is 2.03 bits per heavy atom. The summed E-state index contributed by atoms with van der Waals surface area (Å²) in [6.45, 7) is 2.53. The topological polar surface area (TPSA) is 76.4 Å². The first-order chi connectivity index (χ1) is 14.2. The van der Waals surface area contributed by atoms with Crippen LogP contribution in [0.4, 0.5) is 0 Å². The fraction of sp³-hybridized carbons (Fsp3) is 0.375. The van der Waals surface area contributed by atoms with Crippen LogP contribution >= 0.6 is 0 Å². The predicted octanol–water partition coefficient (Wildman–Crippen LogP) is 5.68. The van der Waals surface area contributed by atoms with Crippen molar-refractivity contribution in [2.45, 2.75) is 51.9 Å². The van der Waals surface area contributed by atoms with Gasteiger partial charge in [0.05, 0.1) is 29.4 Å². The Balaban J connectivity index is 1.87. The lowest BCUT2D eigenvalue weighted by Gasteiger charge is -2.10. The molecule has 0 N–H and O–H groups in total. The van der Waals surface area contributed by atoms with E-state index in [1.54, 1.807) is 30.3 Å². The molecule has 0 saturated carbocycles. The molecule has 0 aromatic heterocycles. The number of hydrogen-bond donors (Lipinski definition) is 0. The number of nitriles is 1. The Bertz CT molecular complexity index is 837. The molecule has 5 heteroatoms. The van der Waals surface area contributed by atoms with Crippen molar-refractivity contribution in [2.24, 2.45) is 0 Å². The molecule has 152 valence electrons. The van der Waals surface area contributed by atoms with Gasteiger partial charge >= 0.3 is 11.9 Å². The Labute approximate surface area is 172 Å². The maximum Gasteiger partial charge on any atom is 0.344 e. The zero-order valence-corrected chi connectivity index (χ0v) is 16.9. The highest BCUT2D eigenvalue weighted by atomic mass is 16.5. The minimum absolute atomic E-state index is 0.154. The normalized spacial score (nSPS) is 10.2. The van der Waals surface area contributed by atoms with E-state index < -0.39 is 11.9 Å². The standard InChI is InChI=1S/C24H27NO4/c1-2-3-4-5-6-7-10-17-28-23(26)21-11-8-9-12-22(21)24(27)29-20-15-13-19(18-25)14-16-20/h8-9,11-16H,2-7,10,17H2,1H3. The van der Waals surface area contributed by atoms with E-state index in [2.05, 4.69) is 6.92 Å². The molecule has 2 aromatic carbocycles. The van der Waals surface area contributed by atoms with Crippen LogP contribution in [0.25, 0.3) is 0 Å². The van der Waals surface area contributed by atoms with E-state index in [1.807, 2.05) is 6.07 Å². The SMILES string of the molecule is CCCCCCCCCOC(=O)c1ccccc1C(=O)Oc1ccc(C#N)cc1. The highest BCUT2D eigenvalue weighted by Crippen LogP contribution is 2.17. The summed E-state index contributed by atoms with van der Waals surface area (Å²) in [5.74, 6) is -0.859. The van der Waals surface area contributed by atoms with Gasteiger partial charge in [-0.05, 0) is 42.8 Å². The van der Waals surface area contributed by atoms with Crippen LogP contribution in [0.15, 0.2) is 48.5 Å². The smallest absolute Gasteiger partial charge is 0.344 e. The Hall–Kier alpha value is -3.13. The van der Waals surface area contributed by atoms with Crippen molar-refractivity contribution in [3.63, 3.8) is 0 Å². The molecule has 0 aliphatic heterocycles. The first kappa shape index (κ1) is 22.2. The molecule has 29 heavy (non-hydrogen) atoms. The molecule has 0 fully saturated rings. The van der Waals surface area contributed by atoms with Gasteiger partial charge in [0.1, 0.15) is 5.75 Å². The van der Waals surface area contributed by atoms with Crippen molar-refractivity contribution in [1.29, 1.82) is 5.26 Å². The van der Waals surface area contributed by atoms with Gasteiger partial charge < -0.3 is 9.47 Å². The first-order valence-corrected chi connectivity index (χ1v) is 10.1. The predicted molar refractivity (Wildman–Crippen MR) is 111 cm³/mol. The van der Waals surface area contributed by atoms with Gasteiger partial charge in [-0.3, -0.25) is 0 Å². The van der Waals surface area contributed by atoms with Gasteiger partial charge in [0.2, 0.25) is 0 Å². The van der Waals surface area contributed by atoms with Crippen molar-refractivity contribution < 1.29 is 19.1 Å². The number of hydrogen-bond acceptors (Lipinski definition) is 5. The zero-order chi connectivity index (χ0) is 20.9. The molecule has 0 saturated heterocycles. The minimum Gasteiger partial charge on any atom is -0.462 e. The number of esters is 2. The van der Waals surface area contributed by atoms with Gasteiger partial charge in [0.15, 0.2) is 0 Å². The van der Waals surface area contributed by atoms with E-state index in [-0.39, 0.29) is 11.1 Å². The Kier molecular flexibility index (Phi) is 9.44. The molecule has 2 aromatic rings. The molecular weight excluding hydrogens is 366 g/mol. The lowest BCUT2D eigenvalue weighted by molar-refractivity contribution is 0.0489. The lowest BCUT2D eigenvalue weighted by Crippen LogP contribution is -2.16. The number of nitrogens with zero attached hydrogens (tertiary/aromatic N) is 1. The first-order valence-electron chi connectivity index (χ1n) is 10.1. The fourth-order valence-corrected chi connectivity index (χ4v) is 2.90. The number of rotatable bonds is 11. The second kappa shape index (κ2) is 12.4. The van der Waals surface area contributed by atoms with Crippen LogP contribution in [0.5, 0.6) is 5.75 Å². The number of carbonyl (C=O) groups excluding carboxylic acids is 2. The van der Waals surface area contributed by atoms with Crippen LogP contribution in [0, 0.1) is 11.3 Å². The van der Waals surface area contributed by atoms with Gasteiger partial charge in [-0.25, -0.2) is 9.59 Å². The highest BCUT2D eigenvalue weighted by molar-refractivity contribution is 6.03. The van der Waals surface area contributed by atoms with Gasteiger partial charge in [0.25, 0.3) is 0 Å². The monoisotopic (exact) mass is 393 g/mol. The van der Waals surface area contributed by atoms with Crippen LogP contribution in [-0.2, 0) is 4.74 Å². The van der Waals surface area contributed by atoms with E-state index >= 15 is 0 Å². The van der Waals surface area contributed by atoms with E-state index in [0.717, 1.165) is 19.3 Å². The molecular formula is C24H27NO4. The molecule has 0 aliphatic carbocycles. The third-order valence-corrected chi connectivity index (χ3v) is 4.54. The van der Waals surface area contributed by atoms with Crippen molar-refractivity contribution in [3.05, 3.63) is 65.2 Å². The second-order valence-electron chi connectivity index (χ2n) is 6.83. The van der Waals surface area contributed by atoms with E-state index in [9.17, 15) is 9.59 Å². The molecule has 0 amide bonds. The van der Waals surface area contributed by atoms with Crippen LogP contribution in [0.2, 0.25) is 0 Å². The third-order valence-electron chi connectivity index (χ3n) is 4.54. The molecule has 0 radical (unpaired) electrons. The number of unbranched alkanes of at least 4 members (excludes halogenated alkanes) is 6. The maximum atomic E-state index is 12.5. The van der Waals surface area contributed by atoms with Crippen molar-refractivity contribution in [2.75, 3.05) is 6.61 Å². The van der Waals surface area contributed by atoms with Gasteiger partial charge in [-0.1, -0.05) is 57.6 Å². The summed E-state index contributed by atoms with van der Waals surface area (Å²) in [6.07, 6.45) is 7.95. The van der Waals surface area contributed by atoms with Crippen LogP contribution in [0.1, 0.15) is 78.1 Å². The summed E-state index contributed by atoms with van der Waals surface area (Å²) in [5, 5.41) is 8.83. The van der Waals surface area contributed by atoms with Crippen LogP contribution in [-0.4, -0.2) is 18.5 Å². The largest absolute Gasteiger partial charge is 0.462 e. The number of ether oxygens (including phenoxy) is 2. The maximum absolute atomic E-state index is 12.5. The van der Waals surface area contributed by atoms with Crippen molar-refractivity contribution in [3.8, 4) is 11.8 Å². The number of benzene rings is 2. The molecule has 0 heterocycles. The second-order valence-corrected chi connectivity index (χ2v) is 6.83. The van der Waals surface area contributed by atoms with Gasteiger partial charge in [-0.2, -0.15) is 5.26 Å². The molecule has 2 rings (SSSR count). The highest BCUT2D eigenvalue weighted by Gasteiger charge is 2.19. The van der Waals surface area contributed by atoms with Crippen LogP contribution < -0.4 is 4.74 Å². The molecule has 0 aliphatic rings. The summed E-state index contributed by atoms with van der Waals surface area (Å²) in [5.41, 5.74) is 0.814. The summed E-state index contributed by atoms with van der Waals surface area (Å²) < 4.78 is 10.7. The van der Waals surface area contributed by atoms with Gasteiger partial charge in [0, 0.05) is 0 Å². The summed E-state index contributed by atoms with van der Waals surface area (Å²) in [4.78, 5) is 24.9. The Morgan fingerprint density at radius 2 is 1.41 bits per heavy atom. The summed E-state index contributed by atoms with van der Waals surface area (Å²) in [7, 11) is 0. The third kappa shape index (κ3) is 7.42. The van der Waals surface area contributed by atoms with Gasteiger partial charge in [-0.15, -0.1) is 0 Å².